The van der Waals surface area contributed by atoms with Crippen LogP contribution in [-0.2, 0) is 4.79 Å². The van der Waals surface area contributed by atoms with Crippen LogP contribution >= 0.6 is 0 Å². The summed E-state index contributed by atoms with van der Waals surface area (Å²) in [5.41, 5.74) is 1.30. The molecule has 62 valence electrons. The molecule has 0 radical (unpaired) electrons. The summed E-state index contributed by atoms with van der Waals surface area (Å²) in [6.45, 7) is 6.14. The van der Waals surface area contributed by atoms with E-state index >= 15 is 0 Å². The highest BCUT2D eigenvalue weighted by molar-refractivity contribution is 5.79. The molecule has 0 aromatic heterocycles. The predicted molar refractivity (Wildman–Crippen MR) is 45.0 cm³/mol. The van der Waals surface area contributed by atoms with Gasteiger partial charge in [0, 0.05) is 18.7 Å². The summed E-state index contributed by atoms with van der Waals surface area (Å²) in [4.78, 5) is 13.1. The first-order valence-electron chi connectivity index (χ1n) is 4.09. The Morgan fingerprint density at radius 2 is 2.09 bits per heavy atom. The lowest BCUT2D eigenvalue weighted by atomic mass is 10.1. The van der Waals surface area contributed by atoms with Crippen LogP contribution in [0.5, 0.6) is 0 Å². The second-order valence-electron chi connectivity index (χ2n) is 3.37. The molecular formula is C9H15NO. The first-order valence-corrected chi connectivity index (χ1v) is 4.09. The molecular weight excluding hydrogens is 138 g/mol. The number of amides is 1. The van der Waals surface area contributed by atoms with Gasteiger partial charge in [0.2, 0.25) is 5.91 Å². The normalized spacial score (nSPS) is 19.1. The fourth-order valence-corrected chi connectivity index (χ4v) is 1.24. The zero-order chi connectivity index (χ0) is 8.43. The summed E-state index contributed by atoms with van der Waals surface area (Å²) in [7, 11) is 0. The van der Waals surface area contributed by atoms with Gasteiger partial charge in [-0.25, -0.2) is 0 Å². The quantitative estimate of drug-likeness (QED) is 0.563. The third kappa shape index (κ3) is 1.82. The molecule has 1 heterocycles. The summed E-state index contributed by atoms with van der Waals surface area (Å²) in [6.07, 6.45) is 3.58. The van der Waals surface area contributed by atoms with E-state index in [1.54, 1.807) is 0 Å². The van der Waals surface area contributed by atoms with Crippen LogP contribution in [0.1, 0.15) is 33.6 Å². The van der Waals surface area contributed by atoms with Gasteiger partial charge in [0.15, 0.2) is 0 Å². The molecule has 0 aliphatic carbocycles. The summed E-state index contributed by atoms with van der Waals surface area (Å²) >= 11 is 0. The van der Waals surface area contributed by atoms with Crippen molar-refractivity contribution in [1.29, 1.82) is 0 Å². The molecule has 2 nitrogen and oxygen atoms in total. The molecule has 0 unspecified atom stereocenters. The zero-order valence-electron chi connectivity index (χ0n) is 7.42. The Morgan fingerprint density at radius 1 is 1.45 bits per heavy atom. The van der Waals surface area contributed by atoms with E-state index in [0.717, 1.165) is 6.42 Å². The number of carbonyl (C=O) groups excluding carboxylic acids is 1. The molecule has 0 N–H and O–H groups in total. The smallest absolute Gasteiger partial charge is 0.227 e. The Labute approximate surface area is 67.9 Å². The van der Waals surface area contributed by atoms with Crippen LogP contribution in [0.2, 0.25) is 0 Å². The Morgan fingerprint density at radius 3 is 2.55 bits per heavy atom. The van der Waals surface area contributed by atoms with Crippen molar-refractivity contribution in [3.8, 4) is 0 Å². The monoisotopic (exact) mass is 153 g/mol. The summed E-state index contributed by atoms with van der Waals surface area (Å²) in [5.74, 6) is 0.255. The first kappa shape index (κ1) is 8.31. The lowest BCUT2D eigenvalue weighted by molar-refractivity contribution is -0.130. The lowest BCUT2D eigenvalue weighted by Crippen LogP contribution is -2.34. The van der Waals surface area contributed by atoms with E-state index in [4.69, 9.17) is 0 Å². The second-order valence-corrected chi connectivity index (χ2v) is 3.37. The van der Waals surface area contributed by atoms with Crippen LogP contribution in [0.25, 0.3) is 0 Å². The topological polar surface area (TPSA) is 20.3 Å². The average Bonchev–Trinajstić information content (AvgIpc) is 1.94. The second kappa shape index (κ2) is 3.07. The van der Waals surface area contributed by atoms with E-state index < -0.39 is 0 Å². The summed E-state index contributed by atoms with van der Waals surface area (Å²) in [6, 6.07) is 0.303. The fraction of sp³-hybridized carbons (Fsp3) is 0.667. The Balaban J connectivity index is 2.75. The minimum Gasteiger partial charge on any atom is -0.317 e. The molecule has 1 aliphatic heterocycles. The highest BCUT2D eigenvalue weighted by Crippen LogP contribution is 2.16. The first-order chi connectivity index (χ1) is 5.11. The fourth-order valence-electron chi connectivity index (χ4n) is 1.24. The van der Waals surface area contributed by atoms with Gasteiger partial charge in [0.05, 0.1) is 0 Å². The highest BCUT2D eigenvalue weighted by atomic mass is 16.2. The van der Waals surface area contributed by atoms with Crippen LogP contribution in [0, 0.1) is 0 Å². The number of allylic oxidation sites excluding steroid dienone is 1. The molecule has 0 atom stereocenters. The van der Waals surface area contributed by atoms with Gasteiger partial charge in [-0.2, -0.15) is 0 Å². The maximum atomic E-state index is 11.3. The number of hydrogen-bond donors (Lipinski definition) is 0. The Hall–Kier alpha value is -0.790. The molecule has 0 saturated carbocycles. The van der Waals surface area contributed by atoms with Crippen molar-refractivity contribution in [2.75, 3.05) is 0 Å². The molecule has 0 saturated heterocycles. The van der Waals surface area contributed by atoms with Gasteiger partial charge in [-0.3, -0.25) is 4.79 Å². The van der Waals surface area contributed by atoms with Gasteiger partial charge in [-0.05, 0) is 27.2 Å². The summed E-state index contributed by atoms with van der Waals surface area (Å²) < 4.78 is 0. The molecule has 0 fully saturated rings. The molecule has 2 heteroatoms. The van der Waals surface area contributed by atoms with Crippen LogP contribution in [-0.4, -0.2) is 16.8 Å². The average molecular weight is 153 g/mol. The van der Waals surface area contributed by atoms with Gasteiger partial charge >= 0.3 is 0 Å². The van der Waals surface area contributed by atoms with E-state index in [0.29, 0.717) is 12.5 Å². The van der Waals surface area contributed by atoms with Crippen molar-refractivity contribution in [3.05, 3.63) is 11.8 Å². The van der Waals surface area contributed by atoms with Crippen molar-refractivity contribution < 1.29 is 4.79 Å². The largest absolute Gasteiger partial charge is 0.317 e. The lowest BCUT2D eigenvalue weighted by Gasteiger charge is -2.27. The van der Waals surface area contributed by atoms with Crippen LogP contribution in [0.15, 0.2) is 11.8 Å². The molecule has 0 spiro atoms. The van der Waals surface area contributed by atoms with Gasteiger partial charge in [0.25, 0.3) is 0 Å². The molecule has 0 aromatic carbocycles. The minimum atomic E-state index is 0.255. The molecule has 0 aromatic rings. The van der Waals surface area contributed by atoms with Crippen molar-refractivity contribution in [2.45, 2.75) is 39.7 Å². The third-order valence-corrected chi connectivity index (χ3v) is 1.94. The van der Waals surface area contributed by atoms with E-state index in [1.807, 2.05) is 24.9 Å². The van der Waals surface area contributed by atoms with Crippen molar-refractivity contribution in [1.82, 2.24) is 4.90 Å². The predicted octanol–water partition coefficient (Wildman–Crippen LogP) is 1.92. The van der Waals surface area contributed by atoms with Crippen molar-refractivity contribution in [2.24, 2.45) is 0 Å². The van der Waals surface area contributed by atoms with Crippen LogP contribution in [0.3, 0.4) is 0 Å². The van der Waals surface area contributed by atoms with E-state index in [-0.39, 0.29) is 5.91 Å². The molecule has 1 rings (SSSR count). The van der Waals surface area contributed by atoms with E-state index in [2.05, 4.69) is 6.92 Å². The minimum absolute atomic E-state index is 0.255. The standard InChI is InChI=1S/C9H15NO/c1-7(2)10-6-8(3)4-5-9(10)11/h6-7H,4-5H2,1-3H3. The Kier molecular flexibility index (Phi) is 2.32. The molecule has 1 amide bonds. The maximum Gasteiger partial charge on any atom is 0.227 e. The third-order valence-electron chi connectivity index (χ3n) is 1.94. The van der Waals surface area contributed by atoms with Gasteiger partial charge < -0.3 is 4.90 Å². The van der Waals surface area contributed by atoms with Gasteiger partial charge in [-0.15, -0.1) is 0 Å². The number of rotatable bonds is 1. The molecule has 11 heavy (non-hydrogen) atoms. The van der Waals surface area contributed by atoms with Crippen molar-refractivity contribution in [3.63, 3.8) is 0 Å². The zero-order valence-corrected chi connectivity index (χ0v) is 7.42. The van der Waals surface area contributed by atoms with Gasteiger partial charge in [-0.1, -0.05) is 5.57 Å². The summed E-state index contributed by atoms with van der Waals surface area (Å²) in [5, 5.41) is 0. The van der Waals surface area contributed by atoms with E-state index in [1.165, 1.54) is 5.57 Å². The maximum absolute atomic E-state index is 11.3. The number of hydrogen-bond acceptors (Lipinski definition) is 1. The van der Waals surface area contributed by atoms with Crippen LogP contribution in [0.4, 0.5) is 0 Å². The highest BCUT2D eigenvalue weighted by Gasteiger charge is 2.18. The van der Waals surface area contributed by atoms with Gasteiger partial charge in [0.1, 0.15) is 0 Å². The Bertz CT molecular complexity index is 194. The molecule has 0 bridgehead atoms. The van der Waals surface area contributed by atoms with E-state index in [9.17, 15) is 4.79 Å². The number of carbonyl (C=O) groups is 1. The number of nitrogens with zero attached hydrogens (tertiary/aromatic N) is 1. The van der Waals surface area contributed by atoms with Crippen LogP contribution < -0.4 is 0 Å². The SMILES string of the molecule is CC1=CN(C(C)C)C(=O)CC1. The van der Waals surface area contributed by atoms with Crippen molar-refractivity contribution >= 4 is 5.91 Å². The molecule has 1 aliphatic rings.